The molecule has 2 aromatic rings. The summed E-state index contributed by atoms with van der Waals surface area (Å²) in [6.45, 7) is 1.16. The summed E-state index contributed by atoms with van der Waals surface area (Å²) >= 11 is 6.13. The van der Waals surface area contributed by atoms with Gasteiger partial charge in [0.15, 0.2) is 0 Å². The Morgan fingerprint density at radius 2 is 2.15 bits per heavy atom. The molecule has 2 aliphatic rings. The molecule has 2 N–H and O–H groups in total. The van der Waals surface area contributed by atoms with E-state index >= 15 is 0 Å². The van der Waals surface area contributed by atoms with Crippen LogP contribution in [0.5, 0.6) is 0 Å². The van der Waals surface area contributed by atoms with E-state index in [1.807, 2.05) is 23.1 Å². The number of hydrogen-bond donors (Lipinski definition) is 2. The maximum absolute atomic E-state index is 12.0. The lowest BCUT2D eigenvalue weighted by Crippen LogP contribution is -2.34. The largest absolute Gasteiger partial charge is 0.431 e. The van der Waals surface area contributed by atoms with Gasteiger partial charge in [0, 0.05) is 37.0 Å². The van der Waals surface area contributed by atoms with E-state index in [0.29, 0.717) is 29.7 Å². The molecule has 2 heterocycles. The number of hydrogen-bond acceptors (Lipinski definition) is 4. The molecule has 4 rings (SSSR count). The predicted molar refractivity (Wildman–Crippen MR) is 96.8 cm³/mol. The Morgan fingerprint density at radius 3 is 2.92 bits per heavy atom. The highest BCUT2D eigenvalue weighted by atomic mass is 35.5. The average Bonchev–Trinajstić information content (AvgIpc) is 3.25. The molecule has 2 fully saturated rings. The zero-order chi connectivity index (χ0) is 18.1. The Bertz CT molecular complexity index is 833. The molecule has 0 unspecified atom stereocenters. The van der Waals surface area contributed by atoms with Gasteiger partial charge in [0.05, 0.1) is 5.02 Å². The fourth-order valence-corrected chi connectivity index (χ4v) is 3.42. The van der Waals surface area contributed by atoms with Crippen LogP contribution in [0.15, 0.2) is 34.9 Å². The van der Waals surface area contributed by atoms with Crippen molar-refractivity contribution in [2.75, 3.05) is 18.4 Å². The molecule has 1 saturated heterocycles. The molecule has 3 amide bonds. The van der Waals surface area contributed by atoms with Crippen LogP contribution in [0.4, 0.5) is 10.8 Å². The summed E-state index contributed by atoms with van der Waals surface area (Å²) in [5, 5.41) is 5.90. The van der Waals surface area contributed by atoms with Crippen molar-refractivity contribution in [2.24, 2.45) is 5.92 Å². The summed E-state index contributed by atoms with van der Waals surface area (Å²) < 4.78 is 5.29. The normalized spacial score (nSPS) is 19.7. The minimum absolute atomic E-state index is 0.0968. The SMILES string of the molecule is O=C(NC[C@H]1CC(=O)N(C2CC2)C1)Nc1nc(-c2ccccc2Cl)co1. The van der Waals surface area contributed by atoms with E-state index in [4.69, 9.17) is 16.0 Å². The number of carbonyl (C=O) groups is 2. The first-order valence-corrected chi connectivity index (χ1v) is 9.02. The number of urea groups is 1. The van der Waals surface area contributed by atoms with Crippen molar-refractivity contribution in [2.45, 2.75) is 25.3 Å². The summed E-state index contributed by atoms with van der Waals surface area (Å²) in [5.74, 6) is 0.342. The monoisotopic (exact) mass is 374 g/mol. The fourth-order valence-electron chi connectivity index (χ4n) is 3.19. The number of anilines is 1. The van der Waals surface area contributed by atoms with Crippen LogP contribution in [0.2, 0.25) is 5.02 Å². The molecular formula is C18H19ClN4O3. The Morgan fingerprint density at radius 1 is 1.35 bits per heavy atom. The number of amides is 3. The molecule has 0 bridgehead atoms. The van der Waals surface area contributed by atoms with Gasteiger partial charge < -0.3 is 14.6 Å². The second kappa shape index (κ2) is 6.99. The second-order valence-electron chi connectivity index (χ2n) is 6.70. The standard InChI is InChI=1S/C18H19ClN4O3/c19-14-4-2-1-3-13(14)15-10-26-18(21-15)22-17(25)20-8-11-7-16(24)23(9-11)12-5-6-12/h1-4,10-12H,5-9H2,(H2,20,21,22,25)/t11-/m1/s1. The van der Waals surface area contributed by atoms with Crippen molar-refractivity contribution in [1.29, 1.82) is 0 Å². The molecule has 1 aliphatic heterocycles. The summed E-state index contributed by atoms with van der Waals surface area (Å²) in [6.07, 6.45) is 4.14. The number of nitrogens with zero attached hydrogens (tertiary/aromatic N) is 2. The minimum atomic E-state index is -0.408. The molecule has 1 atom stereocenters. The highest BCUT2D eigenvalue weighted by molar-refractivity contribution is 6.33. The summed E-state index contributed by atoms with van der Waals surface area (Å²) in [7, 11) is 0. The topological polar surface area (TPSA) is 87.5 Å². The second-order valence-corrected chi connectivity index (χ2v) is 7.11. The molecular weight excluding hydrogens is 356 g/mol. The van der Waals surface area contributed by atoms with E-state index in [2.05, 4.69) is 15.6 Å². The molecule has 7 nitrogen and oxygen atoms in total. The number of halogens is 1. The molecule has 1 aliphatic carbocycles. The lowest BCUT2D eigenvalue weighted by Gasteiger charge is -2.15. The maximum atomic E-state index is 12.0. The van der Waals surface area contributed by atoms with E-state index in [0.717, 1.165) is 24.9 Å². The summed E-state index contributed by atoms with van der Waals surface area (Å²) in [4.78, 5) is 30.1. The van der Waals surface area contributed by atoms with Gasteiger partial charge in [-0.1, -0.05) is 29.8 Å². The van der Waals surface area contributed by atoms with Crippen LogP contribution in [0.3, 0.4) is 0 Å². The quantitative estimate of drug-likeness (QED) is 0.841. The van der Waals surface area contributed by atoms with Gasteiger partial charge in [0.2, 0.25) is 5.91 Å². The van der Waals surface area contributed by atoms with Crippen molar-refractivity contribution < 1.29 is 14.0 Å². The number of aromatic nitrogens is 1. The maximum Gasteiger partial charge on any atom is 0.322 e. The van der Waals surface area contributed by atoms with Gasteiger partial charge in [-0.2, -0.15) is 4.98 Å². The van der Waals surface area contributed by atoms with Crippen molar-refractivity contribution in [3.63, 3.8) is 0 Å². The molecule has 1 aromatic carbocycles. The fraction of sp³-hybridized carbons (Fsp3) is 0.389. The van der Waals surface area contributed by atoms with Gasteiger partial charge in [-0.05, 0) is 18.9 Å². The van der Waals surface area contributed by atoms with Gasteiger partial charge in [0.1, 0.15) is 12.0 Å². The third-order valence-electron chi connectivity index (χ3n) is 4.65. The van der Waals surface area contributed by atoms with E-state index in [1.165, 1.54) is 6.26 Å². The first-order chi connectivity index (χ1) is 12.6. The van der Waals surface area contributed by atoms with Crippen LogP contribution < -0.4 is 10.6 Å². The minimum Gasteiger partial charge on any atom is -0.431 e. The number of nitrogens with one attached hydrogen (secondary N) is 2. The van der Waals surface area contributed by atoms with Crippen LogP contribution >= 0.6 is 11.6 Å². The molecule has 0 radical (unpaired) electrons. The lowest BCUT2D eigenvalue weighted by molar-refractivity contribution is -0.128. The zero-order valence-electron chi connectivity index (χ0n) is 14.1. The van der Waals surface area contributed by atoms with E-state index in [1.54, 1.807) is 6.07 Å². The molecule has 8 heteroatoms. The number of oxazole rings is 1. The van der Waals surface area contributed by atoms with Crippen molar-refractivity contribution in [3.05, 3.63) is 35.6 Å². The summed E-state index contributed by atoms with van der Waals surface area (Å²) in [5.41, 5.74) is 1.28. The van der Waals surface area contributed by atoms with Crippen LogP contribution in [-0.4, -0.2) is 41.0 Å². The number of carbonyl (C=O) groups excluding carboxylic acids is 2. The molecule has 1 aromatic heterocycles. The lowest BCUT2D eigenvalue weighted by atomic mass is 10.1. The number of rotatable bonds is 5. The Labute approximate surface area is 155 Å². The molecule has 26 heavy (non-hydrogen) atoms. The van der Waals surface area contributed by atoms with E-state index in [-0.39, 0.29) is 17.8 Å². The van der Waals surface area contributed by atoms with E-state index < -0.39 is 6.03 Å². The predicted octanol–water partition coefficient (Wildman–Crippen LogP) is 3.13. The van der Waals surface area contributed by atoms with Crippen molar-refractivity contribution >= 4 is 29.6 Å². The third kappa shape index (κ3) is 3.67. The first-order valence-electron chi connectivity index (χ1n) is 8.65. The molecule has 0 spiro atoms. The first kappa shape index (κ1) is 16.9. The molecule has 1 saturated carbocycles. The van der Waals surface area contributed by atoms with Gasteiger partial charge in [-0.3, -0.25) is 10.1 Å². The molecule has 136 valence electrons. The van der Waals surface area contributed by atoms with Crippen molar-refractivity contribution in [3.8, 4) is 11.3 Å². The Hall–Kier alpha value is -2.54. The smallest absolute Gasteiger partial charge is 0.322 e. The van der Waals surface area contributed by atoms with Crippen LogP contribution in [0.25, 0.3) is 11.3 Å². The van der Waals surface area contributed by atoms with Gasteiger partial charge in [-0.15, -0.1) is 0 Å². The highest BCUT2D eigenvalue weighted by Crippen LogP contribution is 2.32. The highest BCUT2D eigenvalue weighted by Gasteiger charge is 2.39. The number of benzene rings is 1. The van der Waals surface area contributed by atoms with Crippen LogP contribution in [0, 0.1) is 5.92 Å². The summed E-state index contributed by atoms with van der Waals surface area (Å²) in [6, 6.07) is 7.39. The number of likely N-dealkylation sites (tertiary alicyclic amines) is 1. The van der Waals surface area contributed by atoms with Crippen LogP contribution in [-0.2, 0) is 4.79 Å². The van der Waals surface area contributed by atoms with Gasteiger partial charge in [0.25, 0.3) is 0 Å². The van der Waals surface area contributed by atoms with Crippen LogP contribution in [0.1, 0.15) is 19.3 Å². The van der Waals surface area contributed by atoms with Crippen molar-refractivity contribution in [1.82, 2.24) is 15.2 Å². The Kier molecular flexibility index (Phi) is 4.55. The Balaban J connectivity index is 1.29. The average molecular weight is 375 g/mol. The zero-order valence-corrected chi connectivity index (χ0v) is 14.8. The van der Waals surface area contributed by atoms with Gasteiger partial charge in [-0.25, -0.2) is 4.79 Å². The van der Waals surface area contributed by atoms with Gasteiger partial charge >= 0.3 is 12.0 Å². The van der Waals surface area contributed by atoms with E-state index in [9.17, 15) is 9.59 Å². The third-order valence-corrected chi connectivity index (χ3v) is 4.98.